The molecule has 1 aliphatic rings. The molecule has 1 heteroatoms. The Morgan fingerprint density at radius 3 is 2.58 bits per heavy atom. The molecular weight excluding hydrogens is 146 g/mol. The zero-order valence-electron chi connectivity index (χ0n) is 7.46. The van der Waals surface area contributed by atoms with Crippen LogP contribution in [0, 0.1) is 0 Å². The van der Waals surface area contributed by atoms with Crippen LogP contribution < -0.4 is 5.32 Å². The van der Waals surface area contributed by atoms with Crippen LogP contribution in [0.2, 0.25) is 0 Å². The fraction of sp³-hybridized carbons (Fsp3) is 0.455. The van der Waals surface area contributed by atoms with Gasteiger partial charge in [0.2, 0.25) is 0 Å². The first-order valence-electron chi connectivity index (χ1n) is 4.64. The average Bonchev–Trinajstić information content (AvgIpc) is 2.54. The van der Waals surface area contributed by atoms with Crippen LogP contribution in [0.1, 0.15) is 24.8 Å². The Balaban J connectivity index is 2.11. The average molecular weight is 161 g/mol. The smallest absolute Gasteiger partial charge is 0.00452 e. The highest BCUT2D eigenvalue weighted by atomic mass is 14.9. The van der Waals surface area contributed by atoms with Crippen molar-refractivity contribution in [2.45, 2.75) is 25.3 Å². The minimum Gasteiger partial charge on any atom is -0.314 e. The molecule has 1 aliphatic heterocycles. The topological polar surface area (TPSA) is 12.0 Å². The number of rotatable bonds is 1. The maximum absolute atomic E-state index is 3.47. The van der Waals surface area contributed by atoms with Crippen LogP contribution in [0.25, 0.3) is 0 Å². The first-order valence-corrected chi connectivity index (χ1v) is 4.64. The van der Waals surface area contributed by atoms with E-state index in [0.29, 0.717) is 6.04 Å². The van der Waals surface area contributed by atoms with Crippen molar-refractivity contribution in [3.05, 3.63) is 35.9 Å². The molecule has 64 valence electrons. The Hall–Kier alpha value is -0.820. The first kappa shape index (κ1) is 7.81. The minimum atomic E-state index is 0.690. The molecule has 1 aromatic rings. The maximum atomic E-state index is 3.47. The molecule has 1 saturated heterocycles. The molecule has 1 fully saturated rings. The van der Waals surface area contributed by atoms with Gasteiger partial charge in [-0.2, -0.15) is 0 Å². The van der Waals surface area contributed by atoms with Gasteiger partial charge in [-0.1, -0.05) is 30.3 Å². The van der Waals surface area contributed by atoms with Gasteiger partial charge in [-0.25, -0.2) is 0 Å². The molecule has 1 nitrogen and oxygen atoms in total. The molecule has 0 saturated carbocycles. The SMILES string of the molecule is C[C@@H]1C[C@H](c2ccccc2)CN1. The summed E-state index contributed by atoms with van der Waals surface area (Å²) < 4.78 is 0. The fourth-order valence-electron chi connectivity index (χ4n) is 1.92. The third-order valence-electron chi connectivity index (χ3n) is 2.62. The van der Waals surface area contributed by atoms with Crippen molar-refractivity contribution < 1.29 is 0 Å². The van der Waals surface area contributed by atoms with Gasteiger partial charge in [0, 0.05) is 12.6 Å². The summed E-state index contributed by atoms with van der Waals surface area (Å²) in [6.45, 7) is 3.40. The highest BCUT2D eigenvalue weighted by Crippen LogP contribution is 2.24. The molecule has 0 aromatic heterocycles. The zero-order chi connectivity index (χ0) is 8.39. The lowest BCUT2D eigenvalue weighted by molar-refractivity contribution is 0.658. The second-order valence-corrected chi connectivity index (χ2v) is 3.65. The van der Waals surface area contributed by atoms with Crippen molar-refractivity contribution >= 4 is 0 Å². The van der Waals surface area contributed by atoms with Crippen LogP contribution in [0.3, 0.4) is 0 Å². The normalized spacial score (nSPS) is 29.1. The summed E-state index contributed by atoms with van der Waals surface area (Å²) in [5, 5.41) is 3.47. The summed E-state index contributed by atoms with van der Waals surface area (Å²) in [6, 6.07) is 11.5. The molecule has 1 aromatic carbocycles. The van der Waals surface area contributed by atoms with Gasteiger partial charge in [0.1, 0.15) is 0 Å². The van der Waals surface area contributed by atoms with E-state index >= 15 is 0 Å². The van der Waals surface area contributed by atoms with Crippen LogP contribution in [0.5, 0.6) is 0 Å². The van der Waals surface area contributed by atoms with Crippen molar-refractivity contribution in [3.63, 3.8) is 0 Å². The van der Waals surface area contributed by atoms with Crippen LogP contribution in [0.15, 0.2) is 30.3 Å². The van der Waals surface area contributed by atoms with Crippen molar-refractivity contribution in [3.8, 4) is 0 Å². The summed E-state index contributed by atoms with van der Waals surface area (Å²) in [5.74, 6) is 0.737. The molecule has 0 aliphatic carbocycles. The molecular formula is C11H15N. The molecule has 1 heterocycles. The molecule has 2 atom stereocenters. The monoisotopic (exact) mass is 161 g/mol. The summed E-state index contributed by atoms with van der Waals surface area (Å²) >= 11 is 0. The molecule has 0 radical (unpaired) electrons. The zero-order valence-corrected chi connectivity index (χ0v) is 7.46. The Labute approximate surface area is 73.8 Å². The van der Waals surface area contributed by atoms with Gasteiger partial charge in [-0.3, -0.25) is 0 Å². The standard InChI is InChI=1S/C11H15N/c1-9-7-11(8-12-9)10-5-3-2-4-6-10/h2-6,9,11-12H,7-8H2,1H3/t9-,11+/m1/s1. The Morgan fingerprint density at radius 2 is 2.00 bits per heavy atom. The lowest BCUT2D eigenvalue weighted by Crippen LogP contribution is -2.16. The van der Waals surface area contributed by atoms with E-state index in [2.05, 4.69) is 42.6 Å². The number of benzene rings is 1. The van der Waals surface area contributed by atoms with Crippen LogP contribution in [-0.4, -0.2) is 12.6 Å². The van der Waals surface area contributed by atoms with Crippen molar-refractivity contribution in [1.82, 2.24) is 5.32 Å². The molecule has 0 bridgehead atoms. The lowest BCUT2D eigenvalue weighted by Gasteiger charge is -2.07. The summed E-state index contributed by atoms with van der Waals surface area (Å²) in [4.78, 5) is 0. The molecule has 12 heavy (non-hydrogen) atoms. The predicted molar refractivity (Wildman–Crippen MR) is 51.3 cm³/mol. The van der Waals surface area contributed by atoms with E-state index < -0.39 is 0 Å². The maximum Gasteiger partial charge on any atom is 0.00452 e. The van der Waals surface area contributed by atoms with E-state index in [-0.39, 0.29) is 0 Å². The van der Waals surface area contributed by atoms with E-state index in [4.69, 9.17) is 0 Å². The molecule has 1 N–H and O–H groups in total. The third-order valence-corrected chi connectivity index (χ3v) is 2.62. The highest BCUT2D eigenvalue weighted by molar-refractivity contribution is 5.21. The minimum absolute atomic E-state index is 0.690. The first-order chi connectivity index (χ1) is 5.86. The van der Waals surface area contributed by atoms with Gasteiger partial charge < -0.3 is 5.32 Å². The third kappa shape index (κ3) is 1.51. The van der Waals surface area contributed by atoms with E-state index in [1.807, 2.05) is 0 Å². The fourth-order valence-corrected chi connectivity index (χ4v) is 1.92. The number of hydrogen-bond acceptors (Lipinski definition) is 1. The van der Waals surface area contributed by atoms with Crippen molar-refractivity contribution in [2.24, 2.45) is 0 Å². The highest BCUT2D eigenvalue weighted by Gasteiger charge is 2.21. The molecule has 0 amide bonds. The molecule has 2 rings (SSSR count). The second kappa shape index (κ2) is 3.28. The molecule has 0 unspecified atom stereocenters. The van der Waals surface area contributed by atoms with Crippen LogP contribution in [-0.2, 0) is 0 Å². The summed E-state index contributed by atoms with van der Waals surface area (Å²) in [7, 11) is 0. The van der Waals surface area contributed by atoms with Crippen LogP contribution in [0.4, 0.5) is 0 Å². The largest absolute Gasteiger partial charge is 0.314 e. The number of hydrogen-bond donors (Lipinski definition) is 1. The van der Waals surface area contributed by atoms with E-state index in [9.17, 15) is 0 Å². The van der Waals surface area contributed by atoms with Gasteiger partial charge in [0.25, 0.3) is 0 Å². The van der Waals surface area contributed by atoms with Crippen molar-refractivity contribution in [1.29, 1.82) is 0 Å². The van der Waals surface area contributed by atoms with Gasteiger partial charge in [-0.05, 0) is 24.8 Å². The lowest BCUT2D eigenvalue weighted by atomic mass is 9.97. The van der Waals surface area contributed by atoms with E-state index in [1.54, 1.807) is 0 Å². The predicted octanol–water partition coefficient (Wildman–Crippen LogP) is 2.15. The van der Waals surface area contributed by atoms with Gasteiger partial charge in [-0.15, -0.1) is 0 Å². The van der Waals surface area contributed by atoms with Gasteiger partial charge in [0.05, 0.1) is 0 Å². The quantitative estimate of drug-likeness (QED) is 0.665. The number of nitrogens with one attached hydrogen (secondary N) is 1. The van der Waals surface area contributed by atoms with Crippen molar-refractivity contribution in [2.75, 3.05) is 6.54 Å². The Kier molecular flexibility index (Phi) is 2.13. The van der Waals surface area contributed by atoms with Gasteiger partial charge >= 0.3 is 0 Å². The second-order valence-electron chi connectivity index (χ2n) is 3.65. The van der Waals surface area contributed by atoms with Crippen LogP contribution >= 0.6 is 0 Å². The Bertz CT molecular complexity index is 242. The van der Waals surface area contributed by atoms with E-state index in [0.717, 1.165) is 12.5 Å². The molecule has 0 spiro atoms. The summed E-state index contributed by atoms with van der Waals surface area (Å²) in [5.41, 5.74) is 1.48. The van der Waals surface area contributed by atoms with Gasteiger partial charge in [0.15, 0.2) is 0 Å². The summed E-state index contributed by atoms with van der Waals surface area (Å²) in [6.07, 6.45) is 1.28. The Morgan fingerprint density at radius 1 is 1.25 bits per heavy atom. The van der Waals surface area contributed by atoms with E-state index in [1.165, 1.54) is 12.0 Å².